The molecule has 0 saturated carbocycles. The summed E-state index contributed by atoms with van der Waals surface area (Å²) in [6.45, 7) is -0.0652. The van der Waals surface area contributed by atoms with Crippen molar-refractivity contribution >= 4 is 11.6 Å². The average Bonchev–Trinajstić information content (AvgIpc) is 2.57. The minimum Gasteiger partial charge on any atom is -0.490 e. The van der Waals surface area contributed by atoms with Crippen molar-refractivity contribution in [2.75, 3.05) is 20.3 Å². The summed E-state index contributed by atoms with van der Waals surface area (Å²) < 4.78 is 19.8. The highest BCUT2D eigenvalue weighted by molar-refractivity contribution is 5.85. The molecule has 6 nitrogen and oxygen atoms in total. The summed E-state index contributed by atoms with van der Waals surface area (Å²) in [7, 11) is 1.76. The van der Waals surface area contributed by atoms with Crippen LogP contribution in [0.5, 0.6) is 5.75 Å². The van der Waals surface area contributed by atoms with Gasteiger partial charge in [0.25, 0.3) is 0 Å². The lowest BCUT2D eigenvalue weighted by molar-refractivity contribution is 0.201. The smallest absolute Gasteiger partial charge is 0.197 e. The van der Waals surface area contributed by atoms with Gasteiger partial charge >= 0.3 is 0 Å². The number of guanidine groups is 1. The van der Waals surface area contributed by atoms with Crippen LogP contribution in [0.4, 0.5) is 10.1 Å². The molecule has 0 bridgehead atoms. The third kappa shape index (κ3) is 2.79. The molecule has 1 aliphatic heterocycles. The number of nitrogens with zero attached hydrogens (tertiary/aromatic N) is 2. The van der Waals surface area contributed by atoms with Crippen LogP contribution in [0.2, 0.25) is 0 Å². The summed E-state index contributed by atoms with van der Waals surface area (Å²) in [5, 5.41) is 8.93. The van der Waals surface area contributed by atoms with Crippen molar-refractivity contribution in [3.05, 3.63) is 47.8 Å². The number of hydrogen-bond acceptors (Lipinski definition) is 6. The topological polar surface area (TPSA) is 97.1 Å². The van der Waals surface area contributed by atoms with Crippen molar-refractivity contribution < 1.29 is 14.2 Å². The van der Waals surface area contributed by atoms with E-state index in [2.05, 4.69) is 4.99 Å². The molecule has 2 aromatic rings. The molecule has 1 heterocycles. The minimum atomic E-state index is -0.417. The number of rotatable bonds is 4. The van der Waals surface area contributed by atoms with Gasteiger partial charge in [-0.15, -0.1) is 0 Å². The van der Waals surface area contributed by atoms with E-state index < -0.39 is 12.0 Å². The third-order valence-electron chi connectivity index (χ3n) is 3.98. The highest BCUT2D eigenvalue weighted by Crippen LogP contribution is 2.38. The first-order valence-corrected chi connectivity index (χ1v) is 7.52. The predicted octanol–water partition coefficient (Wildman–Crippen LogP) is 1.71. The van der Waals surface area contributed by atoms with Gasteiger partial charge in [-0.1, -0.05) is 18.2 Å². The molecule has 0 aromatic heterocycles. The van der Waals surface area contributed by atoms with E-state index in [1.54, 1.807) is 36.2 Å². The Morgan fingerprint density at radius 1 is 1.33 bits per heavy atom. The van der Waals surface area contributed by atoms with Gasteiger partial charge in [-0.05, 0) is 23.8 Å². The highest BCUT2D eigenvalue weighted by atomic mass is 19.1. The number of aliphatic imine (C=N–C) groups is 1. The van der Waals surface area contributed by atoms with Crippen LogP contribution in [0.15, 0.2) is 41.4 Å². The molecule has 24 heavy (non-hydrogen) atoms. The number of hydrogen-bond donors (Lipinski definition) is 3. The summed E-state index contributed by atoms with van der Waals surface area (Å²) in [5.41, 5.74) is 14.3. The van der Waals surface area contributed by atoms with Crippen LogP contribution in [-0.4, -0.2) is 36.2 Å². The van der Waals surface area contributed by atoms with Crippen molar-refractivity contribution in [3.63, 3.8) is 0 Å². The summed E-state index contributed by atoms with van der Waals surface area (Å²) in [6, 6.07) is 9.89. The Bertz CT molecular complexity index is 794. The van der Waals surface area contributed by atoms with Crippen LogP contribution in [0.3, 0.4) is 0 Å². The lowest BCUT2D eigenvalue weighted by atomic mass is 9.99. The minimum absolute atomic E-state index is 0.0855. The van der Waals surface area contributed by atoms with Crippen LogP contribution < -0.4 is 16.2 Å². The molecular formula is C17H19FN4O2. The molecule has 126 valence electrons. The molecule has 1 aliphatic rings. The summed E-state index contributed by atoms with van der Waals surface area (Å²) in [4.78, 5) is 5.99. The molecule has 1 unspecified atom stereocenters. The van der Waals surface area contributed by atoms with Crippen molar-refractivity contribution in [1.82, 2.24) is 4.90 Å². The Labute approximate surface area is 139 Å². The third-order valence-corrected chi connectivity index (χ3v) is 3.98. The molecule has 3 rings (SSSR count). The summed E-state index contributed by atoms with van der Waals surface area (Å²) in [6.07, 6.45) is -0.405. The Kier molecular flexibility index (Phi) is 4.37. The molecule has 0 saturated heterocycles. The Morgan fingerprint density at radius 2 is 2.12 bits per heavy atom. The quantitative estimate of drug-likeness (QED) is 0.793. The molecule has 0 fully saturated rings. The van der Waals surface area contributed by atoms with Crippen molar-refractivity contribution in [3.8, 4) is 16.9 Å². The van der Waals surface area contributed by atoms with Gasteiger partial charge in [0.1, 0.15) is 24.3 Å². The maximum absolute atomic E-state index is 14.4. The lowest BCUT2D eigenvalue weighted by Crippen LogP contribution is -2.42. The van der Waals surface area contributed by atoms with Crippen LogP contribution in [0.1, 0.15) is 11.7 Å². The van der Waals surface area contributed by atoms with Crippen LogP contribution in [-0.2, 0) is 0 Å². The standard InChI is InChI=1S/C17H19FN4O2/c1-22-16(19)11-6-5-10(9-13(11)21-17(22)20)15-12(18)3-2-4-14(15)24-8-7-23/h2-6,9,16,23H,7-8,19H2,1H3,(H2,20,21). The van der Waals surface area contributed by atoms with Gasteiger partial charge < -0.3 is 26.2 Å². The van der Waals surface area contributed by atoms with E-state index in [-0.39, 0.29) is 13.2 Å². The molecular weight excluding hydrogens is 311 g/mol. The number of nitrogens with two attached hydrogens (primary N) is 2. The Balaban J connectivity index is 2.09. The lowest BCUT2D eigenvalue weighted by Gasteiger charge is -2.31. The van der Waals surface area contributed by atoms with Gasteiger partial charge in [0, 0.05) is 12.6 Å². The zero-order chi connectivity index (χ0) is 17.3. The van der Waals surface area contributed by atoms with Crippen LogP contribution in [0, 0.1) is 5.82 Å². The second-order valence-corrected chi connectivity index (χ2v) is 5.48. The van der Waals surface area contributed by atoms with Gasteiger partial charge in [-0.2, -0.15) is 0 Å². The van der Waals surface area contributed by atoms with Gasteiger partial charge in [-0.25, -0.2) is 9.38 Å². The van der Waals surface area contributed by atoms with E-state index in [9.17, 15) is 4.39 Å². The van der Waals surface area contributed by atoms with Crippen LogP contribution >= 0.6 is 0 Å². The second kappa shape index (κ2) is 6.46. The first-order valence-electron chi connectivity index (χ1n) is 7.52. The van der Waals surface area contributed by atoms with Gasteiger partial charge in [-0.3, -0.25) is 0 Å². The molecule has 0 spiro atoms. The number of benzene rings is 2. The van der Waals surface area contributed by atoms with Gasteiger partial charge in [0.2, 0.25) is 0 Å². The first-order chi connectivity index (χ1) is 11.5. The Hall–Kier alpha value is -2.64. The van der Waals surface area contributed by atoms with Crippen LogP contribution in [0.25, 0.3) is 11.1 Å². The fraction of sp³-hybridized carbons (Fsp3) is 0.235. The SMILES string of the molecule is CN1C(N)=Nc2cc(-c3c(F)cccc3OCCO)ccc2C1N. The maximum atomic E-state index is 14.4. The molecule has 7 heteroatoms. The molecule has 2 aromatic carbocycles. The van der Waals surface area contributed by atoms with Crippen molar-refractivity contribution in [2.24, 2.45) is 16.5 Å². The van der Waals surface area contributed by atoms with E-state index in [4.69, 9.17) is 21.3 Å². The Morgan fingerprint density at radius 3 is 2.88 bits per heavy atom. The number of halogens is 1. The number of aliphatic hydroxyl groups is 1. The average molecular weight is 330 g/mol. The summed E-state index contributed by atoms with van der Waals surface area (Å²) >= 11 is 0. The van der Waals surface area contributed by atoms with E-state index >= 15 is 0 Å². The molecule has 5 N–H and O–H groups in total. The largest absolute Gasteiger partial charge is 0.490 e. The first kappa shape index (κ1) is 16.2. The summed E-state index contributed by atoms with van der Waals surface area (Å²) in [5.74, 6) is 0.246. The zero-order valence-electron chi connectivity index (χ0n) is 13.2. The fourth-order valence-corrected chi connectivity index (χ4v) is 2.66. The number of ether oxygens (including phenoxy) is 1. The monoisotopic (exact) mass is 330 g/mol. The second-order valence-electron chi connectivity index (χ2n) is 5.48. The van der Waals surface area contributed by atoms with Crippen molar-refractivity contribution in [2.45, 2.75) is 6.17 Å². The molecule has 0 aliphatic carbocycles. The normalized spacial score (nSPS) is 16.6. The molecule has 1 atom stereocenters. The fourth-order valence-electron chi connectivity index (χ4n) is 2.66. The van der Waals surface area contributed by atoms with Gasteiger partial charge in [0.15, 0.2) is 5.96 Å². The van der Waals surface area contributed by atoms with E-state index in [0.717, 1.165) is 5.56 Å². The van der Waals surface area contributed by atoms with E-state index in [1.807, 2.05) is 6.07 Å². The van der Waals surface area contributed by atoms with E-state index in [0.29, 0.717) is 28.5 Å². The number of aliphatic hydroxyl groups excluding tert-OH is 1. The van der Waals surface area contributed by atoms with E-state index in [1.165, 1.54) is 6.07 Å². The maximum Gasteiger partial charge on any atom is 0.197 e. The molecule has 0 radical (unpaired) electrons. The zero-order valence-corrected chi connectivity index (χ0v) is 13.2. The van der Waals surface area contributed by atoms with Gasteiger partial charge in [0.05, 0.1) is 17.9 Å². The predicted molar refractivity (Wildman–Crippen MR) is 90.4 cm³/mol. The molecule has 0 amide bonds. The van der Waals surface area contributed by atoms with Crippen molar-refractivity contribution in [1.29, 1.82) is 0 Å². The number of fused-ring (bicyclic) bond motifs is 1. The highest BCUT2D eigenvalue weighted by Gasteiger charge is 2.24.